The van der Waals surface area contributed by atoms with E-state index in [1.807, 2.05) is 51.4 Å². The summed E-state index contributed by atoms with van der Waals surface area (Å²) in [6, 6.07) is 5.71. The minimum atomic E-state index is -0.479. The van der Waals surface area contributed by atoms with Crippen LogP contribution in [0.1, 0.15) is 20.8 Å². The molecule has 0 radical (unpaired) electrons. The Morgan fingerprint density at radius 2 is 1.92 bits per heavy atom. The van der Waals surface area contributed by atoms with Gasteiger partial charge in [-0.05, 0) is 26.8 Å². The zero-order valence-electron chi connectivity index (χ0n) is 13.7. The van der Waals surface area contributed by atoms with Gasteiger partial charge in [-0.2, -0.15) is 19.2 Å². The van der Waals surface area contributed by atoms with Crippen LogP contribution >= 0.6 is 0 Å². The lowest BCUT2D eigenvalue weighted by molar-refractivity contribution is -0.686. The largest absolute Gasteiger partial charge is 1.00 e. The maximum Gasteiger partial charge on any atom is 0.373 e. The van der Waals surface area contributed by atoms with Crippen LogP contribution in [-0.4, -0.2) is 31.2 Å². The van der Waals surface area contributed by atoms with Crippen molar-refractivity contribution in [3.63, 3.8) is 0 Å². The van der Waals surface area contributed by atoms with Gasteiger partial charge >= 0.3 is 5.97 Å². The Labute approximate surface area is 150 Å². The fourth-order valence-electron chi connectivity index (χ4n) is 2.21. The fourth-order valence-corrected chi connectivity index (χ4v) is 2.21. The number of fused-ring (bicyclic) bond motifs is 1. The maximum absolute atomic E-state index is 11.8. The van der Waals surface area contributed by atoms with Crippen LogP contribution in [0.15, 0.2) is 43.1 Å². The summed E-state index contributed by atoms with van der Waals surface area (Å²) in [6.45, 7) is 5.73. The summed E-state index contributed by atoms with van der Waals surface area (Å²) in [7, 11) is 0. The van der Waals surface area contributed by atoms with Crippen LogP contribution in [-0.2, 0) is 16.1 Å². The number of halogens is 1. The van der Waals surface area contributed by atoms with Crippen LogP contribution in [0.3, 0.4) is 0 Å². The lowest BCUT2D eigenvalue weighted by atomic mass is 10.2. The zero-order chi connectivity index (χ0) is 16.4. The number of hydrogen-bond donors (Lipinski definition) is 0. The first-order chi connectivity index (χ1) is 10.9. The highest BCUT2D eigenvalue weighted by Gasteiger charge is 2.19. The molecule has 0 saturated carbocycles. The molecule has 3 aromatic rings. The smallest absolute Gasteiger partial charge is 0.373 e. The second-order valence-electron chi connectivity index (χ2n) is 6.15. The molecule has 126 valence electrons. The number of aromatic nitrogens is 5. The van der Waals surface area contributed by atoms with Crippen LogP contribution in [0.5, 0.6) is 0 Å². The molecule has 3 aromatic heterocycles. The number of ether oxygens (including phenoxy) is 1. The number of carbonyl (C=O) groups excluding carboxylic acids is 1. The molecular weight excluding hydrogens is 374 g/mol. The van der Waals surface area contributed by atoms with Gasteiger partial charge in [0.05, 0.1) is 5.69 Å². The monoisotopic (exact) mass is 391 g/mol. The van der Waals surface area contributed by atoms with Crippen LogP contribution in [0.4, 0.5) is 0 Å². The predicted molar refractivity (Wildman–Crippen MR) is 82.3 cm³/mol. The van der Waals surface area contributed by atoms with E-state index in [9.17, 15) is 4.79 Å². The highest BCUT2D eigenvalue weighted by atomic mass is 79.9. The van der Waals surface area contributed by atoms with E-state index in [0.717, 1.165) is 11.3 Å². The van der Waals surface area contributed by atoms with Gasteiger partial charge in [-0.25, -0.2) is 9.78 Å². The van der Waals surface area contributed by atoms with Crippen molar-refractivity contribution >= 4 is 11.7 Å². The lowest BCUT2D eigenvalue weighted by Crippen LogP contribution is -3.00. The van der Waals surface area contributed by atoms with Crippen molar-refractivity contribution in [3.8, 4) is 11.3 Å². The summed E-state index contributed by atoms with van der Waals surface area (Å²) in [5.74, 6) is 0.283. The molecule has 0 spiro atoms. The second kappa shape index (κ2) is 7.04. The third-order valence-corrected chi connectivity index (χ3v) is 3.10. The third kappa shape index (κ3) is 4.14. The van der Waals surface area contributed by atoms with Crippen molar-refractivity contribution in [1.82, 2.24) is 19.6 Å². The van der Waals surface area contributed by atoms with Gasteiger partial charge in [0.25, 0.3) is 5.78 Å². The first kappa shape index (κ1) is 18.0. The number of carbonyl (C=O) groups is 1. The molecular formula is C16H18BrN5O2. The summed E-state index contributed by atoms with van der Waals surface area (Å²) < 4.78 is 8.76. The molecule has 0 N–H and O–H groups in total. The number of hydrogen-bond acceptors (Lipinski definition) is 5. The second-order valence-corrected chi connectivity index (χ2v) is 6.15. The summed E-state index contributed by atoms with van der Waals surface area (Å²) in [6.07, 6.45) is 6.84. The fraction of sp³-hybridized carbons (Fsp3) is 0.312. The molecule has 0 bridgehead atoms. The molecule has 0 saturated heterocycles. The van der Waals surface area contributed by atoms with Crippen LogP contribution in [0, 0.1) is 0 Å². The van der Waals surface area contributed by atoms with Gasteiger partial charge in [-0.15, -0.1) is 0 Å². The molecule has 0 aliphatic carbocycles. The van der Waals surface area contributed by atoms with E-state index >= 15 is 0 Å². The molecule has 7 nitrogen and oxygen atoms in total. The molecule has 0 aromatic carbocycles. The standard InChI is InChI=1S/C16H18N5O2.BrH/c1-16(2,3)23-14(22)10-20-8-5-12(6-9-20)13-4-7-17-15-18-11-19-21(13)15;/h4-9,11H,10H2,1-3H3;1H/q+1;/p-1. The van der Waals surface area contributed by atoms with Crippen molar-refractivity contribution < 1.29 is 31.1 Å². The van der Waals surface area contributed by atoms with Crippen molar-refractivity contribution in [2.75, 3.05) is 0 Å². The van der Waals surface area contributed by atoms with E-state index in [1.54, 1.807) is 15.3 Å². The first-order valence-electron chi connectivity index (χ1n) is 7.28. The van der Waals surface area contributed by atoms with Crippen LogP contribution < -0.4 is 21.5 Å². The van der Waals surface area contributed by atoms with Gasteiger partial charge in [0.2, 0.25) is 6.54 Å². The Morgan fingerprint density at radius 1 is 1.21 bits per heavy atom. The van der Waals surface area contributed by atoms with Crippen molar-refractivity contribution in [2.24, 2.45) is 0 Å². The average molecular weight is 392 g/mol. The topological polar surface area (TPSA) is 73.3 Å². The number of rotatable bonds is 3. The van der Waals surface area contributed by atoms with E-state index in [4.69, 9.17) is 4.74 Å². The first-order valence-corrected chi connectivity index (χ1v) is 7.28. The Bertz CT molecular complexity index is 840. The molecule has 24 heavy (non-hydrogen) atoms. The minimum absolute atomic E-state index is 0. The van der Waals surface area contributed by atoms with Crippen molar-refractivity contribution in [2.45, 2.75) is 32.9 Å². The Hall–Kier alpha value is -2.35. The summed E-state index contributed by atoms with van der Waals surface area (Å²) in [5.41, 5.74) is 1.37. The number of nitrogens with zero attached hydrogens (tertiary/aromatic N) is 5. The van der Waals surface area contributed by atoms with E-state index in [0.29, 0.717) is 5.78 Å². The van der Waals surface area contributed by atoms with Crippen LogP contribution in [0.2, 0.25) is 0 Å². The average Bonchev–Trinajstić information content (AvgIpc) is 2.94. The predicted octanol–water partition coefficient (Wildman–Crippen LogP) is -1.58. The van der Waals surface area contributed by atoms with Gasteiger partial charge in [-0.1, -0.05) is 0 Å². The van der Waals surface area contributed by atoms with Gasteiger partial charge in [0.1, 0.15) is 11.9 Å². The Kier molecular flexibility index (Phi) is 5.28. The van der Waals surface area contributed by atoms with Crippen molar-refractivity contribution in [1.29, 1.82) is 0 Å². The summed E-state index contributed by atoms with van der Waals surface area (Å²) >= 11 is 0. The Morgan fingerprint density at radius 3 is 2.58 bits per heavy atom. The SMILES string of the molecule is CC(C)(C)OC(=O)C[n+]1ccc(-c2ccnc3ncnn23)cc1.[Br-]. The quantitative estimate of drug-likeness (QED) is 0.398. The van der Waals surface area contributed by atoms with Crippen LogP contribution in [0.25, 0.3) is 17.0 Å². The summed E-state index contributed by atoms with van der Waals surface area (Å²) in [5, 5.41) is 4.17. The highest BCUT2D eigenvalue weighted by molar-refractivity contribution is 5.68. The van der Waals surface area contributed by atoms with Gasteiger partial charge in [-0.3, -0.25) is 0 Å². The van der Waals surface area contributed by atoms with E-state index in [2.05, 4.69) is 15.1 Å². The molecule has 0 unspecified atom stereocenters. The van der Waals surface area contributed by atoms with E-state index < -0.39 is 5.60 Å². The minimum Gasteiger partial charge on any atom is -1.00 e. The van der Waals surface area contributed by atoms with E-state index in [1.165, 1.54) is 6.33 Å². The molecule has 3 rings (SSSR count). The normalized spacial score (nSPS) is 11.1. The maximum atomic E-state index is 11.8. The van der Waals surface area contributed by atoms with Gasteiger partial charge in [0, 0.05) is 23.9 Å². The molecule has 0 aliphatic rings. The van der Waals surface area contributed by atoms with Gasteiger partial charge < -0.3 is 21.7 Å². The highest BCUT2D eigenvalue weighted by Crippen LogP contribution is 2.16. The summed E-state index contributed by atoms with van der Waals surface area (Å²) in [4.78, 5) is 20.1. The molecule has 0 aliphatic heterocycles. The third-order valence-electron chi connectivity index (χ3n) is 3.10. The molecule has 0 atom stereocenters. The molecule has 0 fully saturated rings. The van der Waals surface area contributed by atoms with Gasteiger partial charge in [0.15, 0.2) is 12.4 Å². The molecule has 3 heterocycles. The van der Waals surface area contributed by atoms with Crippen molar-refractivity contribution in [3.05, 3.63) is 43.1 Å². The van der Waals surface area contributed by atoms with E-state index in [-0.39, 0.29) is 29.5 Å². The lowest BCUT2D eigenvalue weighted by Gasteiger charge is -2.18. The molecule has 8 heteroatoms. The number of pyridine rings is 1. The zero-order valence-corrected chi connectivity index (χ0v) is 15.3. The number of esters is 1. The molecule has 0 amide bonds. The Balaban J connectivity index is 0.00000208.